The highest BCUT2D eigenvalue weighted by Crippen LogP contribution is 2.19. The summed E-state index contributed by atoms with van der Waals surface area (Å²) in [6.45, 7) is 5.35. The largest absolute Gasteiger partial charge is 0.435 e. The highest BCUT2D eigenvalue weighted by Gasteiger charge is 2.21. The number of carbonyl (C=O) groups excluding carboxylic acids is 1. The standard InChI is InChI=1S/C16H23F2N3O2/c1-3-20-8-10-21(11-9-20)16(22)19-12(2)13-4-6-14(7-5-13)23-15(17)18/h4-7,12,15H,3,8-11H2,1-2H3,(H,19,22). The number of nitrogens with zero attached hydrogens (tertiary/aromatic N) is 2. The molecule has 1 aliphatic heterocycles. The number of nitrogens with one attached hydrogen (secondary N) is 1. The number of amides is 2. The van der Waals surface area contributed by atoms with Gasteiger partial charge in [-0.3, -0.25) is 0 Å². The summed E-state index contributed by atoms with van der Waals surface area (Å²) in [7, 11) is 0. The molecule has 1 aliphatic rings. The minimum atomic E-state index is -2.83. The zero-order valence-electron chi connectivity index (χ0n) is 13.5. The van der Waals surface area contributed by atoms with Gasteiger partial charge in [0, 0.05) is 26.2 Å². The van der Waals surface area contributed by atoms with Crippen LogP contribution in [0.3, 0.4) is 0 Å². The molecule has 1 atom stereocenters. The fraction of sp³-hybridized carbons (Fsp3) is 0.562. The maximum absolute atomic E-state index is 12.3. The number of carbonyl (C=O) groups is 1. The van der Waals surface area contributed by atoms with Gasteiger partial charge in [0.1, 0.15) is 5.75 Å². The molecule has 0 radical (unpaired) electrons. The van der Waals surface area contributed by atoms with Crippen molar-refractivity contribution in [2.24, 2.45) is 0 Å². The summed E-state index contributed by atoms with van der Waals surface area (Å²) in [5.41, 5.74) is 0.840. The first-order valence-corrected chi connectivity index (χ1v) is 7.82. The van der Waals surface area contributed by atoms with Gasteiger partial charge < -0.3 is 19.9 Å². The van der Waals surface area contributed by atoms with Gasteiger partial charge in [-0.1, -0.05) is 19.1 Å². The van der Waals surface area contributed by atoms with Crippen LogP contribution in [0.15, 0.2) is 24.3 Å². The van der Waals surface area contributed by atoms with E-state index >= 15 is 0 Å². The molecule has 0 spiro atoms. The molecule has 2 rings (SSSR count). The molecular formula is C16H23F2N3O2. The van der Waals surface area contributed by atoms with Crippen LogP contribution in [0.5, 0.6) is 5.75 Å². The van der Waals surface area contributed by atoms with E-state index in [0.717, 1.165) is 25.2 Å². The smallest absolute Gasteiger partial charge is 0.387 e. The number of halogens is 2. The quantitative estimate of drug-likeness (QED) is 0.904. The Labute approximate surface area is 135 Å². The molecule has 0 saturated carbocycles. The summed E-state index contributed by atoms with van der Waals surface area (Å²) < 4.78 is 28.6. The summed E-state index contributed by atoms with van der Waals surface area (Å²) >= 11 is 0. The zero-order valence-corrected chi connectivity index (χ0v) is 13.5. The van der Waals surface area contributed by atoms with E-state index in [-0.39, 0.29) is 17.8 Å². The van der Waals surface area contributed by atoms with Crippen LogP contribution in [0.4, 0.5) is 13.6 Å². The number of likely N-dealkylation sites (N-methyl/N-ethyl adjacent to an activating group) is 1. The Kier molecular flexibility index (Phi) is 6.15. The predicted molar refractivity (Wildman–Crippen MR) is 83.7 cm³/mol. The molecule has 0 aromatic heterocycles. The van der Waals surface area contributed by atoms with Crippen molar-refractivity contribution < 1.29 is 18.3 Å². The summed E-state index contributed by atoms with van der Waals surface area (Å²) in [5, 5.41) is 2.94. The summed E-state index contributed by atoms with van der Waals surface area (Å²) in [5.74, 6) is 0.109. The normalized spacial score (nSPS) is 17.2. The van der Waals surface area contributed by atoms with E-state index in [4.69, 9.17) is 0 Å². The van der Waals surface area contributed by atoms with E-state index in [1.165, 1.54) is 12.1 Å². The molecule has 1 aromatic carbocycles. The Bertz CT molecular complexity index is 503. The molecule has 7 heteroatoms. The van der Waals surface area contributed by atoms with Crippen molar-refractivity contribution >= 4 is 6.03 Å². The van der Waals surface area contributed by atoms with Crippen LogP contribution in [0, 0.1) is 0 Å². The molecule has 23 heavy (non-hydrogen) atoms. The lowest BCUT2D eigenvalue weighted by Crippen LogP contribution is -2.51. The number of ether oxygens (including phenoxy) is 1. The van der Waals surface area contributed by atoms with Crippen LogP contribution in [-0.4, -0.2) is 55.2 Å². The van der Waals surface area contributed by atoms with Gasteiger partial charge in [-0.05, 0) is 31.2 Å². The number of hydrogen-bond donors (Lipinski definition) is 1. The molecule has 1 aromatic rings. The van der Waals surface area contributed by atoms with Crippen molar-refractivity contribution in [1.82, 2.24) is 15.1 Å². The van der Waals surface area contributed by atoms with E-state index < -0.39 is 6.61 Å². The molecule has 1 unspecified atom stereocenters. The van der Waals surface area contributed by atoms with Crippen LogP contribution in [0.25, 0.3) is 0 Å². The van der Waals surface area contributed by atoms with Gasteiger partial charge in [-0.15, -0.1) is 0 Å². The number of urea groups is 1. The first kappa shape index (κ1) is 17.5. The van der Waals surface area contributed by atoms with Crippen molar-refractivity contribution in [1.29, 1.82) is 0 Å². The Morgan fingerprint density at radius 2 is 1.83 bits per heavy atom. The van der Waals surface area contributed by atoms with E-state index in [9.17, 15) is 13.6 Å². The van der Waals surface area contributed by atoms with Crippen LogP contribution >= 0.6 is 0 Å². The van der Waals surface area contributed by atoms with Crippen LogP contribution in [0.2, 0.25) is 0 Å². The summed E-state index contributed by atoms with van der Waals surface area (Å²) in [6, 6.07) is 6.01. The van der Waals surface area contributed by atoms with E-state index in [0.29, 0.717) is 13.1 Å². The lowest BCUT2D eigenvalue weighted by Gasteiger charge is -2.34. The average Bonchev–Trinajstić information content (AvgIpc) is 2.55. The number of piperazine rings is 1. The first-order valence-electron chi connectivity index (χ1n) is 7.82. The Hall–Kier alpha value is -1.89. The van der Waals surface area contributed by atoms with Crippen LogP contribution in [0.1, 0.15) is 25.5 Å². The SMILES string of the molecule is CCN1CCN(C(=O)NC(C)c2ccc(OC(F)F)cc2)CC1. The monoisotopic (exact) mass is 327 g/mol. The molecule has 0 aliphatic carbocycles. The molecule has 128 valence electrons. The molecule has 1 fully saturated rings. The summed E-state index contributed by atoms with van der Waals surface area (Å²) in [4.78, 5) is 16.4. The van der Waals surface area contributed by atoms with Crippen LogP contribution in [-0.2, 0) is 0 Å². The lowest BCUT2D eigenvalue weighted by atomic mass is 10.1. The third-order valence-electron chi connectivity index (χ3n) is 4.05. The fourth-order valence-corrected chi connectivity index (χ4v) is 2.56. The van der Waals surface area contributed by atoms with Gasteiger partial charge >= 0.3 is 12.6 Å². The van der Waals surface area contributed by atoms with Crippen molar-refractivity contribution in [3.05, 3.63) is 29.8 Å². The second-order valence-corrected chi connectivity index (χ2v) is 5.54. The topological polar surface area (TPSA) is 44.8 Å². The third-order valence-corrected chi connectivity index (χ3v) is 4.05. The van der Waals surface area contributed by atoms with Gasteiger partial charge in [0.15, 0.2) is 0 Å². The second-order valence-electron chi connectivity index (χ2n) is 5.54. The van der Waals surface area contributed by atoms with E-state index in [1.807, 2.05) is 6.92 Å². The van der Waals surface area contributed by atoms with Crippen molar-refractivity contribution in [2.75, 3.05) is 32.7 Å². The minimum absolute atomic E-state index is 0.0961. The van der Waals surface area contributed by atoms with Gasteiger partial charge in [0.2, 0.25) is 0 Å². The van der Waals surface area contributed by atoms with Crippen LogP contribution < -0.4 is 10.1 Å². The van der Waals surface area contributed by atoms with Gasteiger partial charge in [-0.25, -0.2) is 4.79 Å². The Balaban J connectivity index is 1.86. The molecule has 1 saturated heterocycles. The molecule has 1 heterocycles. The highest BCUT2D eigenvalue weighted by atomic mass is 19.3. The number of hydrogen-bond acceptors (Lipinski definition) is 3. The van der Waals surface area contributed by atoms with Gasteiger partial charge in [0.05, 0.1) is 6.04 Å². The molecule has 2 amide bonds. The number of rotatable bonds is 5. The second kappa shape index (κ2) is 8.10. The summed E-state index contributed by atoms with van der Waals surface area (Å²) in [6.07, 6.45) is 0. The maximum Gasteiger partial charge on any atom is 0.387 e. The first-order chi connectivity index (χ1) is 11.0. The Morgan fingerprint density at radius 1 is 1.22 bits per heavy atom. The fourth-order valence-electron chi connectivity index (χ4n) is 2.56. The zero-order chi connectivity index (χ0) is 16.8. The average molecular weight is 327 g/mol. The molecule has 5 nitrogen and oxygen atoms in total. The van der Waals surface area contributed by atoms with Crippen molar-refractivity contribution in [3.8, 4) is 5.75 Å². The van der Waals surface area contributed by atoms with E-state index in [1.54, 1.807) is 17.0 Å². The number of alkyl halides is 2. The maximum atomic E-state index is 12.3. The predicted octanol–water partition coefficient (Wildman–Crippen LogP) is 2.70. The lowest BCUT2D eigenvalue weighted by molar-refractivity contribution is -0.0498. The number of benzene rings is 1. The minimum Gasteiger partial charge on any atom is -0.435 e. The van der Waals surface area contributed by atoms with E-state index in [2.05, 4.69) is 21.9 Å². The van der Waals surface area contributed by atoms with Crippen molar-refractivity contribution in [3.63, 3.8) is 0 Å². The molecule has 1 N–H and O–H groups in total. The van der Waals surface area contributed by atoms with Gasteiger partial charge in [-0.2, -0.15) is 8.78 Å². The highest BCUT2D eigenvalue weighted by molar-refractivity contribution is 5.74. The Morgan fingerprint density at radius 3 is 2.35 bits per heavy atom. The third kappa shape index (κ3) is 5.06. The van der Waals surface area contributed by atoms with Crippen molar-refractivity contribution in [2.45, 2.75) is 26.5 Å². The van der Waals surface area contributed by atoms with Gasteiger partial charge in [0.25, 0.3) is 0 Å². The molecule has 0 bridgehead atoms. The molecular weight excluding hydrogens is 304 g/mol.